The number of imidazole rings is 1. The molecule has 26 heavy (non-hydrogen) atoms. The maximum atomic E-state index is 12.8. The highest BCUT2D eigenvalue weighted by Crippen LogP contribution is 2.35. The summed E-state index contributed by atoms with van der Waals surface area (Å²) in [5.74, 6) is 0.119. The Hall–Kier alpha value is -2.63. The van der Waals surface area contributed by atoms with E-state index in [0.717, 1.165) is 6.07 Å². The summed E-state index contributed by atoms with van der Waals surface area (Å²) >= 11 is 1.29. The fourth-order valence-corrected chi connectivity index (χ4v) is 3.90. The minimum absolute atomic E-state index is 0.127. The van der Waals surface area contributed by atoms with Crippen LogP contribution in [-0.2, 0) is 6.18 Å². The van der Waals surface area contributed by atoms with E-state index in [0.29, 0.717) is 30.9 Å². The molecule has 8 nitrogen and oxygen atoms in total. The van der Waals surface area contributed by atoms with Gasteiger partial charge in [-0.3, -0.25) is 4.68 Å². The molecule has 1 aliphatic rings. The topological polar surface area (TPSA) is 81.5 Å². The van der Waals surface area contributed by atoms with E-state index >= 15 is 0 Å². The van der Waals surface area contributed by atoms with Crippen molar-refractivity contribution in [2.75, 3.05) is 18.0 Å². The number of aromatic nitrogens is 4. The highest BCUT2D eigenvalue weighted by molar-refractivity contribution is 7.15. The van der Waals surface area contributed by atoms with Gasteiger partial charge in [0.05, 0.1) is 6.04 Å². The van der Waals surface area contributed by atoms with E-state index in [4.69, 9.17) is 0 Å². The Bertz CT molecular complexity index is 962. The first kappa shape index (κ1) is 16.8. The summed E-state index contributed by atoms with van der Waals surface area (Å²) in [5, 5.41) is 16.8. The minimum atomic E-state index is -4.49. The van der Waals surface area contributed by atoms with Crippen LogP contribution in [0.1, 0.15) is 24.6 Å². The molecule has 4 rings (SSSR count). The number of halogens is 3. The first-order valence-corrected chi connectivity index (χ1v) is 8.70. The minimum Gasteiger partial charge on any atom is -0.358 e. The number of thiazole rings is 1. The number of alkyl halides is 3. The largest absolute Gasteiger partial charge is 0.435 e. The molecule has 0 radical (unpaired) electrons. The van der Waals surface area contributed by atoms with Crippen molar-refractivity contribution in [2.45, 2.75) is 25.1 Å². The quantitative estimate of drug-likeness (QED) is 0.509. The molecule has 1 atom stereocenters. The van der Waals surface area contributed by atoms with Gasteiger partial charge in [-0.15, -0.1) is 0 Å². The Morgan fingerprint density at radius 3 is 2.85 bits per heavy atom. The first-order chi connectivity index (χ1) is 12.3. The number of hydrogen-bond acceptors (Lipinski definition) is 6. The van der Waals surface area contributed by atoms with Crippen LogP contribution < -0.4 is 4.90 Å². The third kappa shape index (κ3) is 2.79. The Morgan fingerprint density at radius 1 is 1.35 bits per heavy atom. The van der Waals surface area contributed by atoms with Crippen molar-refractivity contribution in [3.05, 3.63) is 39.6 Å². The molecule has 3 aromatic rings. The number of piperidine rings is 1. The van der Waals surface area contributed by atoms with Crippen LogP contribution in [0.4, 0.5) is 24.8 Å². The molecule has 1 aliphatic heterocycles. The van der Waals surface area contributed by atoms with Crippen LogP contribution in [-0.4, -0.2) is 37.2 Å². The molecular formula is C14H13F3N6O2S. The fraction of sp³-hybridized carbons (Fsp3) is 0.429. The molecule has 0 bridgehead atoms. The molecule has 0 saturated carbocycles. The van der Waals surface area contributed by atoms with Crippen molar-refractivity contribution in [1.82, 2.24) is 19.2 Å². The molecule has 1 fully saturated rings. The van der Waals surface area contributed by atoms with Gasteiger partial charge in [0, 0.05) is 24.7 Å². The van der Waals surface area contributed by atoms with Crippen molar-refractivity contribution < 1.29 is 18.1 Å². The smallest absolute Gasteiger partial charge is 0.358 e. The van der Waals surface area contributed by atoms with Gasteiger partial charge in [-0.2, -0.15) is 27.7 Å². The normalized spacial score (nSPS) is 18.6. The van der Waals surface area contributed by atoms with Gasteiger partial charge in [0.25, 0.3) is 4.96 Å². The van der Waals surface area contributed by atoms with Crippen LogP contribution in [0.5, 0.6) is 0 Å². The zero-order valence-corrected chi connectivity index (χ0v) is 14.1. The van der Waals surface area contributed by atoms with E-state index in [1.165, 1.54) is 26.6 Å². The summed E-state index contributed by atoms with van der Waals surface area (Å²) in [7, 11) is 0. The van der Waals surface area contributed by atoms with Gasteiger partial charge in [0.2, 0.25) is 5.82 Å². The van der Waals surface area contributed by atoms with Gasteiger partial charge in [-0.05, 0) is 23.8 Å². The Balaban J connectivity index is 1.63. The lowest BCUT2D eigenvalue weighted by Crippen LogP contribution is -2.37. The van der Waals surface area contributed by atoms with Crippen LogP contribution in [0.2, 0.25) is 0 Å². The summed E-state index contributed by atoms with van der Waals surface area (Å²) in [6.07, 6.45) is -0.289. The lowest BCUT2D eigenvalue weighted by Gasteiger charge is -2.32. The molecule has 4 heterocycles. The lowest BCUT2D eigenvalue weighted by atomic mass is 10.1. The molecule has 138 valence electrons. The average Bonchev–Trinajstić information content (AvgIpc) is 3.29. The number of rotatable bonds is 3. The summed E-state index contributed by atoms with van der Waals surface area (Å²) in [5.41, 5.74) is -0.942. The monoisotopic (exact) mass is 386 g/mol. The van der Waals surface area contributed by atoms with E-state index in [-0.39, 0.29) is 17.7 Å². The van der Waals surface area contributed by atoms with Crippen molar-refractivity contribution in [1.29, 1.82) is 0 Å². The maximum absolute atomic E-state index is 12.8. The van der Waals surface area contributed by atoms with E-state index in [2.05, 4.69) is 10.1 Å². The molecule has 0 spiro atoms. The molecule has 0 aromatic carbocycles. The van der Waals surface area contributed by atoms with Gasteiger partial charge >= 0.3 is 12.0 Å². The molecule has 0 amide bonds. The van der Waals surface area contributed by atoms with Crippen LogP contribution >= 0.6 is 11.3 Å². The first-order valence-electron chi connectivity index (χ1n) is 7.82. The van der Waals surface area contributed by atoms with Crippen molar-refractivity contribution in [3.63, 3.8) is 0 Å². The van der Waals surface area contributed by atoms with Crippen molar-refractivity contribution >= 4 is 27.9 Å². The van der Waals surface area contributed by atoms with Crippen LogP contribution in [0.25, 0.3) is 4.96 Å². The Labute approximate surface area is 148 Å². The second-order valence-corrected chi connectivity index (χ2v) is 6.87. The number of anilines is 1. The van der Waals surface area contributed by atoms with Crippen LogP contribution in [0, 0.1) is 10.1 Å². The molecule has 12 heteroatoms. The SMILES string of the molecule is O=[N+]([O-])c1c(N2CCCC(n3ccc(C(F)(F)F)n3)C2)nc2sccn12. The molecule has 1 saturated heterocycles. The van der Waals surface area contributed by atoms with Crippen molar-refractivity contribution in [3.8, 4) is 0 Å². The molecular weight excluding hydrogens is 373 g/mol. The average molecular weight is 386 g/mol. The van der Waals surface area contributed by atoms with E-state index in [1.54, 1.807) is 16.5 Å². The zero-order chi connectivity index (χ0) is 18.5. The maximum Gasteiger partial charge on any atom is 0.435 e. The van der Waals surface area contributed by atoms with Gasteiger partial charge < -0.3 is 15.0 Å². The van der Waals surface area contributed by atoms with Gasteiger partial charge in [-0.1, -0.05) is 11.3 Å². The Kier molecular flexibility index (Phi) is 3.86. The zero-order valence-electron chi connectivity index (χ0n) is 13.3. The number of hydrogen-bond donors (Lipinski definition) is 0. The molecule has 0 aliphatic carbocycles. The van der Waals surface area contributed by atoms with Gasteiger partial charge in [0.15, 0.2) is 5.69 Å². The second-order valence-electron chi connectivity index (χ2n) is 5.99. The third-order valence-corrected chi connectivity index (χ3v) is 5.12. The molecule has 0 N–H and O–H groups in total. The van der Waals surface area contributed by atoms with Crippen molar-refractivity contribution in [2.24, 2.45) is 0 Å². The van der Waals surface area contributed by atoms with Gasteiger partial charge in [-0.25, -0.2) is 0 Å². The highest BCUT2D eigenvalue weighted by atomic mass is 32.1. The lowest BCUT2D eigenvalue weighted by molar-refractivity contribution is -0.389. The summed E-state index contributed by atoms with van der Waals surface area (Å²) < 4.78 is 41.0. The highest BCUT2D eigenvalue weighted by Gasteiger charge is 2.35. The Morgan fingerprint density at radius 2 is 2.15 bits per heavy atom. The second kappa shape index (κ2) is 5.97. The standard InChI is InChI=1S/C14H13F3N6O2S/c15-14(16,17)10-3-5-22(19-10)9-2-1-4-20(8-9)11-12(23(24)25)21-6-7-26-13(21)18-11/h3,5-7,9H,1-2,4,8H2. The predicted molar refractivity (Wildman–Crippen MR) is 87.4 cm³/mol. The van der Waals surface area contributed by atoms with Crippen LogP contribution in [0.15, 0.2) is 23.8 Å². The van der Waals surface area contributed by atoms with E-state index in [9.17, 15) is 23.3 Å². The van der Waals surface area contributed by atoms with Crippen LogP contribution in [0.3, 0.4) is 0 Å². The van der Waals surface area contributed by atoms with E-state index in [1.807, 2.05) is 0 Å². The number of nitrogens with zero attached hydrogens (tertiary/aromatic N) is 6. The molecule has 1 unspecified atom stereocenters. The number of nitro groups is 1. The third-order valence-electron chi connectivity index (χ3n) is 4.36. The predicted octanol–water partition coefficient (Wildman–Crippen LogP) is 3.36. The molecule has 3 aromatic heterocycles. The number of fused-ring (bicyclic) bond motifs is 1. The summed E-state index contributed by atoms with van der Waals surface area (Å²) in [6, 6.07) is 0.632. The fourth-order valence-electron chi connectivity index (χ4n) is 3.20. The van der Waals surface area contributed by atoms with E-state index < -0.39 is 16.8 Å². The van der Waals surface area contributed by atoms with Gasteiger partial charge in [0.1, 0.15) is 6.20 Å². The summed E-state index contributed by atoms with van der Waals surface area (Å²) in [6.45, 7) is 0.861. The summed E-state index contributed by atoms with van der Waals surface area (Å²) in [4.78, 5) is 17.6.